The van der Waals surface area contributed by atoms with Crippen LogP contribution in [0.3, 0.4) is 0 Å². The second kappa shape index (κ2) is 9.24. The van der Waals surface area contributed by atoms with Gasteiger partial charge in [0.05, 0.1) is 18.3 Å². The molecule has 5 heteroatoms. The Kier molecular flexibility index (Phi) is 6.50. The maximum Gasteiger partial charge on any atom is 0.340 e. The van der Waals surface area contributed by atoms with Crippen molar-refractivity contribution in [3.8, 4) is 11.1 Å². The lowest BCUT2D eigenvalue weighted by Gasteiger charge is -2.15. The summed E-state index contributed by atoms with van der Waals surface area (Å²) in [6.45, 7) is 4.92. The van der Waals surface area contributed by atoms with Crippen molar-refractivity contribution in [2.45, 2.75) is 26.5 Å². The first kappa shape index (κ1) is 19.7. The van der Waals surface area contributed by atoms with Crippen molar-refractivity contribution in [2.75, 3.05) is 18.5 Å². The number of aryl methyl sites for hydroxylation is 1. The van der Waals surface area contributed by atoms with E-state index in [2.05, 4.69) is 5.32 Å². The molecule has 1 atom stereocenters. The number of aliphatic hydroxyl groups is 1. The van der Waals surface area contributed by atoms with Crippen LogP contribution in [-0.2, 0) is 11.3 Å². The minimum Gasteiger partial charge on any atom is -0.462 e. The normalized spacial score (nSPS) is 11.8. The number of ether oxygens (including phenoxy) is 1. The number of carbonyl (C=O) groups excluding carboxylic acids is 1. The number of anilines is 1. The molecule has 0 spiro atoms. The van der Waals surface area contributed by atoms with E-state index in [1.807, 2.05) is 72.3 Å². The number of rotatable bonds is 8. The van der Waals surface area contributed by atoms with Crippen LogP contribution in [0.15, 0.2) is 67.0 Å². The third-order valence-corrected chi connectivity index (χ3v) is 4.55. The van der Waals surface area contributed by atoms with Crippen molar-refractivity contribution in [1.29, 1.82) is 0 Å². The van der Waals surface area contributed by atoms with Gasteiger partial charge in [-0.05, 0) is 31.0 Å². The number of aromatic nitrogens is 1. The van der Waals surface area contributed by atoms with E-state index in [0.29, 0.717) is 25.3 Å². The van der Waals surface area contributed by atoms with Gasteiger partial charge in [-0.2, -0.15) is 0 Å². The van der Waals surface area contributed by atoms with Gasteiger partial charge in [-0.3, -0.25) is 0 Å². The summed E-state index contributed by atoms with van der Waals surface area (Å²) in [5.41, 5.74) is 4.39. The molecule has 146 valence electrons. The Balaban J connectivity index is 1.74. The molecule has 1 unspecified atom stereocenters. The summed E-state index contributed by atoms with van der Waals surface area (Å²) in [6.07, 6.45) is 3.03. The maximum atomic E-state index is 12.4. The Morgan fingerprint density at radius 3 is 2.54 bits per heavy atom. The number of para-hydroxylation sites is 1. The zero-order chi connectivity index (χ0) is 19.9. The fraction of sp³-hybridized carbons (Fsp3) is 0.261. The Bertz CT molecular complexity index is 919. The minimum atomic E-state index is -0.606. The lowest BCUT2D eigenvalue weighted by Crippen LogP contribution is -2.24. The molecule has 0 radical (unpaired) electrons. The van der Waals surface area contributed by atoms with Gasteiger partial charge in [0.1, 0.15) is 0 Å². The van der Waals surface area contributed by atoms with Crippen LogP contribution in [0.1, 0.15) is 22.8 Å². The number of carbonyl (C=O) groups is 1. The Morgan fingerprint density at radius 1 is 1.11 bits per heavy atom. The fourth-order valence-corrected chi connectivity index (χ4v) is 3.14. The van der Waals surface area contributed by atoms with Crippen LogP contribution in [0, 0.1) is 6.92 Å². The van der Waals surface area contributed by atoms with Gasteiger partial charge in [0, 0.05) is 36.7 Å². The van der Waals surface area contributed by atoms with Gasteiger partial charge in [-0.15, -0.1) is 0 Å². The monoisotopic (exact) mass is 378 g/mol. The summed E-state index contributed by atoms with van der Waals surface area (Å²) in [7, 11) is 0. The Labute approximate surface area is 165 Å². The molecule has 2 N–H and O–H groups in total. The third kappa shape index (κ3) is 4.81. The molecule has 28 heavy (non-hydrogen) atoms. The average molecular weight is 378 g/mol. The average Bonchev–Trinajstić information content (AvgIpc) is 3.12. The highest BCUT2D eigenvalue weighted by Crippen LogP contribution is 2.26. The first-order valence-corrected chi connectivity index (χ1v) is 9.48. The predicted molar refractivity (Wildman–Crippen MR) is 112 cm³/mol. The lowest BCUT2D eigenvalue weighted by molar-refractivity contribution is 0.0527. The summed E-state index contributed by atoms with van der Waals surface area (Å²) < 4.78 is 7.05. The van der Waals surface area contributed by atoms with Crippen molar-refractivity contribution in [3.63, 3.8) is 0 Å². The molecule has 3 aromatic rings. The van der Waals surface area contributed by atoms with E-state index in [-0.39, 0.29) is 5.97 Å². The van der Waals surface area contributed by atoms with Crippen LogP contribution < -0.4 is 5.32 Å². The number of nitrogens with one attached hydrogen (secondary N) is 1. The standard InChI is InChI=1S/C23H26N2O3/c1-3-28-23(27)21-16-25(15-20(21)18-10-5-4-6-11-18)14-19(26)13-24-22-12-8-7-9-17(22)2/h4-12,15-16,19,24,26H,3,13-14H2,1-2H3. The molecule has 0 bridgehead atoms. The molecule has 0 fully saturated rings. The van der Waals surface area contributed by atoms with Crippen molar-refractivity contribution in [2.24, 2.45) is 0 Å². The van der Waals surface area contributed by atoms with E-state index in [9.17, 15) is 9.90 Å². The molecule has 0 saturated heterocycles. The van der Waals surface area contributed by atoms with E-state index in [0.717, 1.165) is 22.4 Å². The summed E-state index contributed by atoms with van der Waals surface area (Å²) >= 11 is 0. The van der Waals surface area contributed by atoms with Crippen molar-refractivity contribution in [3.05, 3.63) is 78.1 Å². The highest BCUT2D eigenvalue weighted by molar-refractivity contribution is 5.97. The molecular formula is C23H26N2O3. The maximum absolute atomic E-state index is 12.4. The molecule has 2 aromatic carbocycles. The number of esters is 1. The molecule has 0 saturated carbocycles. The highest BCUT2D eigenvalue weighted by Gasteiger charge is 2.18. The van der Waals surface area contributed by atoms with E-state index < -0.39 is 6.10 Å². The van der Waals surface area contributed by atoms with Gasteiger partial charge in [-0.25, -0.2) is 4.79 Å². The molecule has 3 rings (SSSR count). The van der Waals surface area contributed by atoms with E-state index in [1.165, 1.54) is 0 Å². The Hall–Kier alpha value is -3.05. The van der Waals surface area contributed by atoms with Crippen molar-refractivity contribution < 1.29 is 14.6 Å². The highest BCUT2D eigenvalue weighted by atomic mass is 16.5. The molecule has 0 aliphatic heterocycles. The predicted octanol–water partition coefficient (Wildman–Crippen LogP) is 4.11. The van der Waals surface area contributed by atoms with E-state index >= 15 is 0 Å². The first-order chi connectivity index (χ1) is 13.6. The molecule has 0 aliphatic carbocycles. The summed E-state index contributed by atoms with van der Waals surface area (Å²) in [5.74, 6) is -0.354. The quantitative estimate of drug-likeness (QED) is 0.579. The molecule has 1 aromatic heterocycles. The number of benzene rings is 2. The van der Waals surface area contributed by atoms with Gasteiger partial charge in [0.15, 0.2) is 0 Å². The summed E-state index contributed by atoms with van der Waals surface area (Å²) in [4.78, 5) is 12.4. The fourth-order valence-electron chi connectivity index (χ4n) is 3.14. The van der Waals surface area contributed by atoms with Gasteiger partial charge in [0.25, 0.3) is 0 Å². The van der Waals surface area contributed by atoms with Gasteiger partial charge in [0.2, 0.25) is 0 Å². The van der Waals surface area contributed by atoms with Gasteiger partial charge < -0.3 is 19.7 Å². The minimum absolute atomic E-state index is 0.321. The smallest absolute Gasteiger partial charge is 0.340 e. The molecular weight excluding hydrogens is 352 g/mol. The number of aliphatic hydroxyl groups excluding tert-OH is 1. The summed E-state index contributed by atoms with van der Waals surface area (Å²) in [6, 6.07) is 17.7. The topological polar surface area (TPSA) is 63.5 Å². The SMILES string of the molecule is CCOC(=O)c1cn(CC(O)CNc2ccccc2C)cc1-c1ccccc1. The number of nitrogens with zero attached hydrogens (tertiary/aromatic N) is 1. The second-order valence-electron chi connectivity index (χ2n) is 6.72. The molecule has 1 heterocycles. The van der Waals surface area contributed by atoms with Gasteiger partial charge in [-0.1, -0.05) is 48.5 Å². The Morgan fingerprint density at radius 2 is 1.82 bits per heavy atom. The van der Waals surface area contributed by atoms with E-state index in [4.69, 9.17) is 4.74 Å². The zero-order valence-electron chi connectivity index (χ0n) is 16.3. The van der Waals surface area contributed by atoms with Crippen LogP contribution in [0.5, 0.6) is 0 Å². The number of hydrogen-bond donors (Lipinski definition) is 2. The van der Waals surface area contributed by atoms with Gasteiger partial charge >= 0.3 is 5.97 Å². The van der Waals surface area contributed by atoms with Crippen LogP contribution in [0.4, 0.5) is 5.69 Å². The largest absolute Gasteiger partial charge is 0.462 e. The van der Waals surface area contributed by atoms with Crippen LogP contribution in [0.25, 0.3) is 11.1 Å². The van der Waals surface area contributed by atoms with Crippen LogP contribution in [-0.4, -0.2) is 34.9 Å². The lowest BCUT2D eigenvalue weighted by atomic mass is 10.1. The van der Waals surface area contributed by atoms with E-state index in [1.54, 1.807) is 13.1 Å². The van der Waals surface area contributed by atoms with Crippen LogP contribution in [0.2, 0.25) is 0 Å². The second-order valence-corrected chi connectivity index (χ2v) is 6.72. The van der Waals surface area contributed by atoms with Crippen molar-refractivity contribution >= 4 is 11.7 Å². The summed E-state index contributed by atoms with van der Waals surface area (Å²) in [5, 5.41) is 13.7. The zero-order valence-corrected chi connectivity index (χ0v) is 16.3. The molecule has 5 nitrogen and oxygen atoms in total. The molecule has 0 aliphatic rings. The van der Waals surface area contributed by atoms with Crippen LogP contribution >= 0.6 is 0 Å². The number of hydrogen-bond acceptors (Lipinski definition) is 4. The molecule has 0 amide bonds. The van der Waals surface area contributed by atoms with Crippen molar-refractivity contribution in [1.82, 2.24) is 4.57 Å². The first-order valence-electron chi connectivity index (χ1n) is 9.48. The third-order valence-electron chi connectivity index (χ3n) is 4.55.